The van der Waals surface area contributed by atoms with Crippen LogP contribution in [0.3, 0.4) is 0 Å². The monoisotopic (exact) mass is 202 g/mol. The first-order chi connectivity index (χ1) is 6.83. The number of unbranched alkanes of at least 4 members (excludes halogenated alkanes) is 8. The summed E-state index contributed by atoms with van der Waals surface area (Å²) in [6.45, 7) is 4.80. The molecule has 0 saturated heterocycles. The summed E-state index contributed by atoms with van der Waals surface area (Å²) in [6.07, 6.45) is 13.0. The van der Waals surface area contributed by atoms with Gasteiger partial charge in [0.2, 0.25) is 0 Å². The molecule has 0 fully saturated rings. The molecule has 0 aromatic rings. The molecule has 0 aromatic carbocycles. The van der Waals surface area contributed by atoms with Gasteiger partial charge in [0.25, 0.3) is 0 Å². The summed E-state index contributed by atoms with van der Waals surface area (Å²) < 4.78 is 0. The van der Waals surface area contributed by atoms with Crippen LogP contribution in [0, 0.1) is 0 Å². The average Bonchev–Trinajstić information content (AvgIpc) is 2.18. The van der Waals surface area contributed by atoms with E-state index in [2.05, 4.69) is 25.3 Å². The standard InChI is InChI=1S/C11H24.CH6N2/c1-3-5-7-9-11-10-8-6-4-2;2-1-3/h3-11H2,1-2H3;1-3H2. The first kappa shape index (κ1) is 16.4. The molecule has 0 unspecified atom stereocenters. The van der Waals surface area contributed by atoms with E-state index in [4.69, 9.17) is 0 Å². The molecule has 0 rings (SSSR count). The van der Waals surface area contributed by atoms with E-state index in [1.54, 1.807) is 0 Å². The Bertz CT molecular complexity index is 66.7. The Kier molecular flexibility index (Phi) is 21.8. The largest absolute Gasteiger partial charge is 0.319 e. The number of nitrogens with two attached hydrogens (primary N) is 2. The molecule has 0 heterocycles. The van der Waals surface area contributed by atoms with Gasteiger partial charge in [-0.15, -0.1) is 0 Å². The van der Waals surface area contributed by atoms with Crippen molar-refractivity contribution in [3.8, 4) is 0 Å². The van der Waals surface area contributed by atoms with Crippen molar-refractivity contribution in [3.05, 3.63) is 0 Å². The molecule has 0 aliphatic heterocycles. The highest BCUT2D eigenvalue weighted by atomic mass is 14.7. The zero-order chi connectivity index (χ0) is 11.1. The van der Waals surface area contributed by atoms with E-state index < -0.39 is 0 Å². The molecule has 4 N–H and O–H groups in total. The van der Waals surface area contributed by atoms with Gasteiger partial charge in [0.15, 0.2) is 0 Å². The molecular formula is C12H30N2. The molecule has 0 atom stereocenters. The zero-order valence-corrected chi connectivity index (χ0v) is 10.2. The Morgan fingerprint density at radius 3 is 1.00 bits per heavy atom. The molecule has 0 aliphatic carbocycles. The Labute approximate surface area is 90.4 Å². The van der Waals surface area contributed by atoms with Crippen molar-refractivity contribution in [2.75, 3.05) is 6.67 Å². The van der Waals surface area contributed by atoms with Crippen molar-refractivity contribution in [3.63, 3.8) is 0 Å². The van der Waals surface area contributed by atoms with Crippen molar-refractivity contribution in [2.24, 2.45) is 11.5 Å². The van der Waals surface area contributed by atoms with Crippen LogP contribution in [0.15, 0.2) is 0 Å². The lowest BCUT2D eigenvalue weighted by molar-refractivity contribution is 0.572. The van der Waals surface area contributed by atoms with Gasteiger partial charge in [0.05, 0.1) is 0 Å². The van der Waals surface area contributed by atoms with Gasteiger partial charge in [0.1, 0.15) is 0 Å². The fourth-order valence-electron chi connectivity index (χ4n) is 1.38. The van der Waals surface area contributed by atoms with E-state index >= 15 is 0 Å². The van der Waals surface area contributed by atoms with Gasteiger partial charge < -0.3 is 11.5 Å². The van der Waals surface area contributed by atoms with Crippen LogP contribution >= 0.6 is 0 Å². The van der Waals surface area contributed by atoms with Crippen molar-refractivity contribution in [1.29, 1.82) is 0 Å². The molecule has 88 valence electrons. The maximum Gasteiger partial charge on any atom is 0.0403 e. The summed E-state index contributed by atoms with van der Waals surface area (Å²) >= 11 is 0. The SMILES string of the molecule is CCCCCCCCCCC.NCN. The van der Waals surface area contributed by atoms with Gasteiger partial charge in [-0.2, -0.15) is 0 Å². The first-order valence-corrected chi connectivity index (χ1v) is 6.23. The molecule has 0 aliphatic rings. The third kappa shape index (κ3) is 22.7. The van der Waals surface area contributed by atoms with Crippen LogP contribution in [0.1, 0.15) is 71.6 Å². The van der Waals surface area contributed by atoms with Gasteiger partial charge in [-0.25, -0.2) is 0 Å². The zero-order valence-electron chi connectivity index (χ0n) is 10.2. The van der Waals surface area contributed by atoms with E-state index in [1.165, 1.54) is 57.8 Å². The molecule has 0 radical (unpaired) electrons. The summed E-state index contributed by atoms with van der Waals surface area (Å²) in [6, 6.07) is 0. The molecule has 0 amide bonds. The Morgan fingerprint density at radius 2 is 0.786 bits per heavy atom. The molecule has 0 spiro atoms. The summed E-state index contributed by atoms with van der Waals surface area (Å²) in [7, 11) is 0. The summed E-state index contributed by atoms with van der Waals surface area (Å²) in [4.78, 5) is 0. The minimum absolute atomic E-state index is 0.250. The normalized spacial score (nSPS) is 9.43. The lowest BCUT2D eigenvalue weighted by Gasteiger charge is -1.98. The second kappa shape index (κ2) is 18.7. The van der Waals surface area contributed by atoms with Crippen LogP contribution in [-0.4, -0.2) is 6.67 Å². The minimum Gasteiger partial charge on any atom is -0.319 e. The molecule has 2 nitrogen and oxygen atoms in total. The Hall–Kier alpha value is -0.0800. The van der Waals surface area contributed by atoms with Crippen molar-refractivity contribution in [2.45, 2.75) is 71.6 Å². The predicted molar refractivity (Wildman–Crippen MR) is 66.1 cm³/mol. The van der Waals surface area contributed by atoms with Crippen LogP contribution < -0.4 is 11.5 Å². The highest BCUT2D eigenvalue weighted by Gasteiger charge is 1.88. The molecule has 14 heavy (non-hydrogen) atoms. The predicted octanol–water partition coefficient (Wildman–Crippen LogP) is 3.40. The van der Waals surface area contributed by atoms with Crippen molar-refractivity contribution in [1.82, 2.24) is 0 Å². The van der Waals surface area contributed by atoms with Gasteiger partial charge in [-0.05, 0) is 0 Å². The topological polar surface area (TPSA) is 52.0 Å². The lowest BCUT2D eigenvalue weighted by Crippen LogP contribution is -2.08. The third-order valence-electron chi connectivity index (χ3n) is 2.21. The van der Waals surface area contributed by atoms with Gasteiger partial charge in [-0.1, -0.05) is 71.6 Å². The summed E-state index contributed by atoms with van der Waals surface area (Å²) in [5.41, 5.74) is 9.25. The van der Waals surface area contributed by atoms with Crippen LogP contribution in [0.5, 0.6) is 0 Å². The van der Waals surface area contributed by atoms with Crippen LogP contribution in [0.4, 0.5) is 0 Å². The van der Waals surface area contributed by atoms with Crippen LogP contribution in [0.25, 0.3) is 0 Å². The highest BCUT2D eigenvalue weighted by molar-refractivity contribution is 4.44. The van der Waals surface area contributed by atoms with E-state index in [0.29, 0.717) is 0 Å². The van der Waals surface area contributed by atoms with Crippen molar-refractivity contribution < 1.29 is 0 Å². The molecule has 0 aromatic heterocycles. The maximum absolute atomic E-state index is 4.62. The fourth-order valence-corrected chi connectivity index (χ4v) is 1.38. The van der Waals surface area contributed by atoms with E-state index in [9.17, 15) is 0 Å². The van der Waals surface area contributed by atoms with Crippen LogP contribution in [0.2, 0.25) is 0 Å². The molecular weight excluding hydrogens is 172 g/mol. The second-order valence-corrected chi connectivity index (χ2v) is 3.71. The van der Waals surface area contributed by atoms with Gasteiger partial charge >= 0.3 is 0 Å². The minimum atomic E-state index is 0.250. The lowest BCUT2D eigenvalue weighted by atomic mass is 10.1. The molecule has 0 bridgehead atoms. The Morgan fingerprint density at radius 1 is 0.571 bits per heavy atom. The number of hydrogen-bond acceptors (Lipinski definition) is 2. The van der Waals surface area contributed by atoms with Crippen molar-refractivity contribution >= 4 is 0 Å². The van der Waals surface area contributed by atoms with Crippen LogP contribution in [-0.2, 0) is 0 Å². The fraction of sp³-hybridized carbons (Fsp3) is 1.00. The van der Waals surface area contributed by atoms with E-state index in [1.807, 2.05) is 0 Å². The summed E-state index contributed by atoms with van der Waals surface area (Å²) in [5.74, 6) is 0. The average molecular weight is 202 g/mol. The third-order valence-corrected chi connectivity index (χ3v) is 2.21. The van der Waals surface area contributed by atoms with Gasteiger partial charge in [0, 0.05) is 6.67 Å². The first-order valence-electron chi connectivity index (χ1n) is 6.23. The second-order valence-electron chi connectivity index (χ2n) is 3.71. The highest BCUT2D eigenvalue weighted by Crippen LogP contribution is 2.08. The summed E-state index contributed by atoms with van der Waals surface area (Å²) in [5, 5.41) is 0. The smallest absolute Gasteiger partial charge is 0.0403 e. The number of hydrogen-bond donors (Lipinski definition) is 2. The van der Waals surface area contributed by atoms with Gasteiger partial charge in [-0.3, -0.25) is 0 Å². The van der Waals surface area contributed by atoms with E-state index in [-0.39, 0.29) is 6.67 Å². The molecule has 0 saturated carbocycles. The van der Waals surface area contributed by atoms with E-state index in [0.717, 1.165) is 0 Å². The molecule has 2 heteroatoms. The maximum atomic E-state index is 4.62. The Balaban J connectivity index is 0. The quantitative estimate of drug-likeness (QED) is 0.468. The number of rotatable bonds is 8.